The van der Waals surface area contributed by atoms with Crippen LogP contribution in [-0.4, -0.2) is 28.9 Å². The zero-order valence-corrected chi connectivity index (χ0v) is 19.9. The Balaban J connectivity index is 1.71. The van der Waals surface area contributed by atoms with Gasteiger partial charge in [0.05, 0.1) is 22.9 Å². The van der Waals surface area contributed by atoms with Crippen LogP contribution >= 0.6 is 34.3 Å². The average Bonchev–Trinajstić information content (AvgIpc) is 3.52. The topological polar surface area (TPSA) is 79.7 Å². The molecule has 1 unspecified atom stereocenters. The molecular weight excluding hydrogens is 480 g/mol. The van der Waals surface area contributed by atoms with E-state index in [1.165, 1.54) is 27.6 Å². The molecule has 2 aromatic carbocycles. The lowest BCUT2D eigenvalue weighted by atomic mass is 9.97. The number of benzene rings is 2. The number of aliphatic hydroxyl groups is 1. The standard InChI is InChI=1S/C24H17ClN2O4S2/c1-12-10-14(31-2)6-7-15(12)21(28)19-20(17-4-3-9-32-17)27(23(30)22(19)29)24-26-16-8-5-13(25)11-18(16)33-24/h3-11,20,28H,1-2H3/b21-19+. The normalized spacial score (nSPS) is 17.8. The van der Waals surface area contributed by atoms with Gasteiger partial charge in [-0.05, 0) is 60.3 Å². The first kappa shape index (κ1) is 21.6. The fraction of sp³-hybridized carbons (Fsp3) is 0.125. The van der Waals surface area contributed by atoms with Gasteiger partial charge >= 0.3 is 5.91 Å². The molecule has 33 heavy (non-hydrogen) atoms. The summed E-state index contributed by atoms with van der Waals surface area (Å²) < 4.78 is 6.05. The maximum absolute atomic E-state index is 13.2. The van der Waals surface area contributed by atoms with Crippen molar-refractivity contribution in [1.29, 1.82) is 0 Å². The first-order valence-electron chi connectivity index (χ1n) is 9.94. The Kier molecular flexibility index (Phi) is 5.44. The summed E-state index contributed by atoms with van der Waals surface area (Å²) in [7, 11) is 1.56. The van der Waals surface area contributed by atoms with Crippen LogP contribution in [0.25, 0.3) is 16.0 Å². The molecule has 0 bridgehead atoms. The lowest BCUT2D eigenvalue weighted by molar-refractivity contribution is -0.132. The van der Waals surface area contributed by atoms with Crippen molar-refractivity contribution in [2.75, 3.05) is 12.0 Å². The first-order chi connectivity index (χ1) is 15.9. The molecular formula is C24H17ClN2O4S2. The molecule has 1 N–H and O–H groups in total. The third-order valence-corrected chi connectivity index (χ3v) is 7.67. The number of carbonyl (C=O) groups excluding carboxylic acids is 2. The second kappa shape index (κ2) is 8.30. The molecule has 1 aliphatic rings. The van der Waals surface area contributed by atoms with E-state index in [-0.39, 0.29) is 11.3 Å². The molecule has 4 aromatic rings. The summed E-state index contributed by atoms with van der Waals surface area (Å²) in [5.41, 5.74) is 1.90. The Morgan fingerprint density at radius 3 is 2.70 bits per heavy atom. The molecule has 1 saturated heterocycles. The van der Waals surface area contributed by atoms with Crippen molar-refractivity contribution in [3.8, 4) is 5.75 Å². The number of fused-ring (bicyclic) bond motifs is 1. The lowest BCUT2D eigenvalue weighted by Crippen LogP contribution is -2.28. The van der Waals surface area contributed by atoms with Crippen LogP contribution in [0.5, 0.6) is 5.75 Å². The van der Waals surface area contributed by atoms with E-state index in [9.17, 15) is 14.7 Å². The number of anilines is 1. The number of halogens is 1. The second-order valence-electron chi connectivity index (χ2n) is 7.47. The summed E-state index contributed by atoms with van der Waals surface area (Å²) in [5, 5.41) is 14.1. The minimum Gasteiger partial charge on any atom is -0.507 e. The second-order valence-corrected chi connectivity index (χ2v) is 9.90. The monoisotopic (exact) mass is 496 g/mol. The van der Waals surface area contributed by atoms with Gasteiger partial charge < -0.3 is 9.84 Å². The first-order valence-corrected chi connectivity index (χ1v) is 12.0. The number of amides is 1. The summed E-state index contributed by atoms with van der Waals surface area (Å²) in [5.74, 6) is -1.07. The number of ether oxygens (including phenoxy) is 1. The van der Waals surface area contributed by atoms with Crippen LogP contribution in [-0.2, 0) is 9.59 Å². The van der Waals surface area contributed by atoms with Gasteiger partial charge in [0.1, 0.15) is 17.6 Å². The van der Waals surface area contributed by atoms with Crippen LogP contribution in [0.3, 0.4) is 0 Å². The predicted molar refractivity (Wildman–Crippen MR) is 131 cm³/mol. The van der Waals surface area contributed by atoms with E-state index in [2.05, 4.69) is 4.98 Å². The minimum absolute atomic E-state index is 0.0352. The quantitative estimate of drug-likeness (QED) is 0.214. The van der Waals surface area contributed by atoms with Crippen LogP contribution in [0.1, 0.15) is 22.0 Å². The summed E-state index contributed by atoms with van der Waals surface area (Å²) in [4.78, 5) is 33.2. The fourth-order valence-electron chi connectivity index (χ4n) is 3.91. The largest absolute Gasteiger partial charge is 0.507 e. The molecule has 1 aliphatic heterocycles. The van der Waals surface area contributed by atoms with Gasteiger partial charge in [-0.3, -0.25) is 14.5 Å². The summed E-state index contributed by atoms with van der Waals surface area (Å²) in [6.07, 6.45) is 0. The smallest absolute Gasteiger partial charge is 0.301 e. The number of nitrogens with zero attached hydrogens (tertiary/aromatic N) is 2. The van der Waals surface area contributed by atoms with Crippen molar-refractivity contribution in [3.05, 3.63) is 80.5 Å². The third kappa shape index (κ3) is 3.60. The van der Waals surface area contributed by atoms with Gasteiger partial charge in [0.2, 0.25) is 0 Å². The molecule has 1 atom stereocenters. The third-order valence-electron chi connectivity index (χ3n) is 5.49. The molecule has 0 radical (unpaired) electrons. The number of ketones is 1. The maximum atomic E-state index is 13.2. The minimum atomic E-state index is -0.789. The van der Waals surface area contributed by atoms with Crippen LogP contribution in [0, 0.1) is 6.92 Å². The van der Waals surface area contributed by atoms with Crippen molar-refractivity contribution in [1.82, 2.24) is 4.98 Å². The number of aliphatic hydroxyl groups excluding tert-OH is 1. The summed E-state index contributed by atoms with van der Waals surface area (Å²) in [6.45, 7) is 1.81. The van der Waals surface area contributed by atoms with E-state index < -0.39 is 17.7 Å². The summed E-state index contributed by atoms with van der Waals surface area (Å²) in [6, 6.07) is 13.3. The van der Waals surface area contributed by atoms with Gasteiger partial charge in [0.25, 0.3) is 5.78 Å². The highest BCUT2D eigenvalue weighted by Crippen LogP contribution is 2.46. The Bertz CT molecular complexity index is 1440. The SMILES string of the molecule is COc1ccc(/C(O)=C2\C(=O)C(=O)N(c3nc4ccc(Cl)cc4s3)C2c2cccs2)c(C)c1. The Labute approximate surface area is 202 Å². The zero-order valence-electron chi connectivity index (χ0n) is 17.5. The number of hydrogen-bond donors (Lipinski definition) is 1. The van der Waals surface area contributed by atoms with Gasteiger partial charge in [-0.15, -0.1) is 11.3 Å². The van der Waals surface area contributed by atoms with E-state index in [0.717, 1.165) is 15.1 Å². The van der Waals surface area contributed by atoms with Crippen molar-refractivity contribution < 1.29 is 19.4 Å². The van der Waals surface area contributed by atoms with Gasteiger partial charge in [0, 0.05) is 15.5 Å². The number of thiophene rings is 1. The predicted octanol–water partition coefficient (Wildman–Crippen LogP) is 5.95. The van der Waals surface area contributed by atoms with E-state index in [1.807, 2.05) is 24.4 Å². The molecule has 3 heterocycles. The molecule has 166 valence electrons. The highest BCUT2D eigenvalue weighted by molar-refractivity contribution is 7.22. The Hall–Kier alpha value is -3.20. The van der Waals surface area contributed by atoms with Crippen molar-refractivity contribution in [2.45, 2.75) is 13.0 Å². The molecule has 1 fully saturated rings. The van der Waals surface area contributed by atoms with Gasteiger partial charge in [-0.25, -0.2) is 4.98 Å². The Morgan fingerprint density at radius 1 is 1.18 bits per heavy atom. The van der Waals surface area contributed by atoms with E-state index in [1.54, 1.807) is 43.5 Å². The fourth-order valence-corrected chi connectivity index (χ4v) is 6.00. The van der Waals surface area contributed by atoms with Crippen molar-refractivity contribution >= 4 is 67.1 Å². The molecule has 6 nitrogen and oxygen atoms in total. The number of aromatic nitrogens is 1. The molecule has 1 amide bonds. The number of rotatable bonds is 4. The number of thiazole rings is 1. The zero-order chi connectivity index (χ0) is 23.3. The van der Waals surface area contributed by atoms with Crippen LogP contribution < -0.4 is 9.64 Å². The molecule has 0 saturated carbocycles. The summed E-state index contributed by atoms with van der Waals surface area (Å²) >= 11 is 8.79. The number of methoxy groups -OCH3 is 1. The van der Waals surface area contributed by atoms with E-state index in [4.69, 9.17) is 16.3 Å². The molecule has 0 aliphatic carbocycles. The van der Waals surface area contributed by atoms with Crippen LogP contribution in [0.2, 0.25) is 5.02 Å². The van der Waals surface area contributed by atoms with Gasteiger partial charge in [-0.1, -0.05) is 29.0 Å². The molecule has 0 spiro atoms. The number of aryl methyl sites for hydroxylation is 1. The van der Waals surface area contributed by atoms with Crippen molar-refractivity contribution in [2.24, 2.45) is 0 Å². The molecule has 5 rings (SSSR count). The average molecular weight is 497 g/mol. The van der Waals surface area contributed by atoms with Gasteiger partial charge in [0.15, 0.2) is 5.13 Å². The van der Waals surface area contributed by atoms with Crippen LogP contribution in [0.4, 0.5) is 5.13 Å². The lowest BCUT2D eigenvalue weighted by Gasteiger charge is -2.21. The highest BCUT2D eigenvalue weighted by atomic mass is 35.5. The van der Waals surface area contributed by atoms with E-state index >= 15 is 0 Å². The van der Waals surface area contributed by atoms with Crippen LogP contribution in [0.15, 0.2) is 59.5 Å². The van der Waals surface area contributed by atoms with Gasteiger partial charge in [-0.2, -0.15) is 0 Å². The van der Waals surface area contributed by atoms with E-state index in [0.29, 0.717) is 27.0 Å². The maximum Gasteiger partial charge on any atom is 0.301 e. The Morgan fingerprint density at radius 2 is 2.00 bits per heavy atom. The highest BCUT2D eigenvalue weighted by Gasteiger charge is 2.48. The number of carbonyl (C=O) groups is 2. The number of Topliss-reactive ketones (excluding diaryl/α,β-unsaturated/α-hetero) is 1. The molecule has 9 heteroatoms. The van der Waals surface area contributed by atoms with Crippen molar-refractivity contribution in [3.63, 3.8) is 0 Å². The molecule has 2 aromatic heterocycles. The number of hydrogen-bond acceptors (Lipinski definition) is 7.